The zero-order valence-corrected chi connectivity index (χ0v) is 19.5. The molecule has 4 aromatic rings. The maximum atomic E-state index is 10.1. The highest BCUT2D eigenvalue weighted by Gasteiger charge is 2.20. The number of anilines is 1. The van der Waals surface area contributed by atoms with Crippen LogP contribution in [-0.2, 0) is 0 Å². The van der Waals surface area contributed by atoms with E-state index < -0.39 is 0 Å². The molecule has 4 rings (SSSR count). The van der Waals surface area contributed by atoms with Gasteiger partial charge in [-0.1, -0.05) is 12.1 Å². The van der Waals surface area contributed by atoms with Gasteiger partial charge in [-0.3, -0.25) is 5.43 Å². The summed E-state index contributed by atoms with van der Waals surface area (Å²) in [4.78, 5) is 9.38. The molecule has 0 unspecified atom stereocenters. The van der Waals surface area contributed by atoms with Gasteiger partial charge in [0.25, 0.3) is 0 Å². The number of benzene rings is 2. The van der Waals surface area contributed by atoms with Crippen molar-refractivity contribution in [2.45, 2.75) is 6.92 Å². The van der Waals surface area contributed by atoms with Crippen molar-refractivity contribution in [3.8, 4) is 39.5 Å². The molecule has 0 aliphatic carbocycles. The standard InChI is InChI=1S/C24H21N5O4S/c1-4-33-18-8-6-5-7-15(18)22-16(11-25)20-23(34-22)24(27-13-26-20)29-28-12-14-9-17(30)21(32-3)19(10-14)31-2/h5-10,12-13,30H,4H2,1-3H3,(H,26,27,29)/b28-12+. The van der Waals surface area contributed by atoms with E-state index in [9.17, 15) is 10.4 Å². The highest BCUT2D eigenvalue weighted by Crippen LogP contribution is 2.43. The number of hydrogen-bond acceptors (Lipinski definition) is 10. The fourth-order valence-electron chi connectivity index (χ4n) is 3.43. The zero-order chi connectivity index (χ0) is 24.1. The van der Waals surface area contributed by atoms with Crippen LogP contribution in [0.3, 0.4) is 0 Å². The molecule has 0 spiro atoms. The Hall–Kier alpha value is -4.36. The first-order valence-corrected chi connectivity index (χ1v) is 11.1. The Kier molecular flexibility index (Phi) is 6.75. The number of phenolic OH excluding ortho intramolecular Hbond substituents is 1. The number of nitrogens with zero attached hydrogens (tertiary/aromatic N) is 4. The fourth-order valence-corrected chi connectivity index (χ4v) is 4.60. The van der Waals surface area contributed by atoms with Crippen LogP contribution in [-0.4, -0.2) is 42.1 Å². The molecule has 9 nitrogen and oxygen atoms in total. The van der Waals surface area contributed by atoms with Crippen molar-refractivity contribution in [2.75, 3.05) is 26.3 Å². The van der Waals surface area contributed by atoms with Crippen molar-refractivity contribution in [3.63, 3.8) is 0 Å². The summed E-state index contributed by atoms with van der Waals surface area (Å²) >= 11 is 1.39. The predicted octanol–water partition coefficient (Wildman–Crippen LogP) is 4.80. The van der Waals surface area contributed by atoms with E-state index in [4.69, 9.17) is 14.2 Å². The Morgan fingerprint density at radius 1 is 1.18 bits per heavy atom. The van der Waals surface area contributed by atoms with Crippen LogP contribution < -0.4 is 19.6 Å². The van der Waals surface area contributed by atoms with E-state index in [-0.39, 0.29) is 11.5 Å². The number of aromatic hydroxyl groups is 1. The number of rotatable bonds is 8. The van der Waals surface area contributed by atoms with E-state index in [1.807, 2.05) is 31.2 Å². The van der Waals surface area contributed by atoms with Gasteiger partial charge in [-0.15, -0.1) is 11.3 Å². The first-order chi connectivity index (χ1) is 16.6. The third-order valence-electron chi connectivity index (χ3n) is 4.88. The van der Waals surface area contributed by atoms with Crippen LogP contribution in [0.15, 0.2) is 47.8 Å². The van der Waals surface area contributed by atoms with Crippen molar-refractivity contribution in [1.82, 2.24) is 9.97 Å². The fraction of sp³-hybridized carbons (Fsp3) is 0.167. The first kappa shape index (κ1) is 22.8. The van der Waals surface area contributed by atoms with Crippen molar-refractivity contribution in [2.24, 2.45) is 5.10 Å². The molecule has 2 N–H and O–H groups in total. The van der Waals surface area contributed by atoms with E-state index in [0.29, 0.717) is 45.3 Å². The van der Waals surface area contributed by atoms with Gasteiger partial charge in [0.15, 0.2) is 17.3 Å². The predicted molar refractivity (Wildman–Crippen MR) is 131 cm³/mol. The van der Waals surface area contributed by atoms with Crippen molar-refractivity contribution >= 4 is 33.6 Å². The Balaban J connectivity index is 1.71. The van der Waals surface area contributed by atoms with Gasteiger partial charge in [-0.05, 0) is 31.2 Å². The second-order valence-corrected chi connectivity index (χ2v) is 7.91. The molecule has 0 amide bonds. The third-order valence-corrected chi connectivity index (χ3v) is 6.10. The van der Waals surface area contributed by atoms with Crippen molar-refractivity contribution < 1.29 is 19.3 Å². The molecular formula is C24H21N5O4S. The van der Waals surface area contributed by atoms with Gasteiger partial charge in [0.05, 0.1) is 42.2 Å². The van der Waals surface area contributed by atoms with Crippen LogP contribution in [0.1, 0.15) is 18.1 Å². The van der Waals surface area contributed by atoms with Gasteiger partial charge in [0.2, 0.25) is 5.75 Å². The number of nitrogens with one attached hydrogen (secondary N) is 1. The first-order valence-electron chi connectivity index (χ1n) is 10.2. The number of hydrazone groups is 1. The molecule has 2 heterocycles. The van der Waals surface area contributed by atoms with E-state index in [0.717, 1.165) is 10.4 Å². The zero-order valence-electron chi connectivity index (χ0n) is 18.7. The van der Waals surface area contributed by atoms with Gasteiger partial charge in [0.1, 0.15) is 23.7 Å². The van der Waals surface area contributed by atoms with Gasteiger partial charge in [-0.25, -0.2) is 9.97 Å². The van der Waals surface area contributed by atoms with Crippen LogP contribution >= 0.6 is 11.3 Å². The molecule has 2 aromatic carbocycles. The average molecular weight is 476 g/mol. The lowest BCUT2D eigenvalue weighted by atomic mass is 10.1. The van der Waals surface area contributed by atoms with Crippen molar-refractivity contribution in [1.29, 1.82) is 5.26 Å². The number of thiophene rings is 1. The van der Waals surface area contributed by atoms with E-state index in [1.54, 1.807) is 6.07 Å². The second kappa shape index (κ2) is 10.1. The monoisotopic (exact) mass is 475 g/mol. The molecule has 10 heteroatoms. The van der Waals surface area contributed by atoms with E-state index >= 15 is 0 Å². The van der Waals surface area contributed by atoms with Crippen LogP contribution in [0.4, 0.5) is 5.82 Å². The average Bonchev–Trinajstić information content (AvgIpc) is 3.23. The lowest BCUT2D eigenvalue weighted by Gasteiger charge is -2.09. The largest absolute Gasteiger partial charge is 0.504 e. The van der Waals surface area contributed by atoms with Crippen LogP contribution in [0, 0.1) is 11.3 Å². The summed E-state index contributed by atoms with van der Waals surface area (Å²) in [5.74, 6) is 1.70. The Morgan fingerprint density at radius 2 is 2.00 bits per heavy atom. The number of aromatic nitrogens is 2. The van der Waals surface area contributed by atoms with Crippen LogP contribution in [0.25, 0.3) is 20.7 Å². The number of methoxy groups -OCH3 is 2. The Bertz CT molecular complexity index is 1410. The van der Waals surface area contributed by atoms with Gasteiger partial charge < -0.3 is 19.3 Å². The van der Waals surface area contributed by atoms with E-state index in [1.165, 1.54) is 44.2 Å². The normalized spacial score (nSPS) is 10.9. The molecule has 0 saturated heterocycles. The summed E-state index contributed by atoms with van der Waals surface area (Å²) in [6.07, 6.45) is 2.90. The summed E-state index contributed by atoms with van der Waals surface area (Å²) in [6, 6.07) is 13.0. The van der Waals surface area contributed by atoms with Crippen LogP contribution in [0.2, 0.25) is 0 Å². The minimum atomic E-state index is -0.0674. The lowest BCUT2D eigenvalue weighted by molar-refractivity contribution is 0.333. The molecule has 0 aliphatic heterocycles. The molecule has 0 fully saturated rings. The van der Waals surface area contributed by atoms with Gasteiger partial charge in [-0.2, -0.15) is 10.4 Å². The lowest BCUT2D eigenvalue weighted by Crippen LogP contribution is -1.96. The van der Waals surface area contributed by atoms with Gasteiger partial charge in [0, 0.05) is 11.1 Å². The maximum Gasteiger partial charge on any atom is 0.203 e. The third kappa shape index (κ3) is 4.29. The minimum absolute atomic E-state index is 0.0674. The number of phenols is 1. The summed E-state index contributed by atoms with van der Waals surface area (Å²) < 4.78 is 16.8. The second-order valence-electron chi connectivity index (χ2n) is 6.89. The Labute approximate surface area is 199 Å². The quantitative estimate of drug-likeness (QED) is 0.275. The topological polar surface area (TPSA) is 122 Å². The molecule has 34 heavy (non-hydrogen) atoms. The van der Waals surface area contributed by atoms with Crippen LogP contribution in [0.5, 0.6) is 23.0 Å². The molecule has 0 aliphatic rings. The number of nitriles is 1. The molecule has 0 atom stereocenters. The number of para-hydroxylation sites is 1. The molecule has 172 valence electrons. The molecule has 0 saturated carbocycles. The van der Waals surface area contributed by atoms with E-state index in [2.05, 4.69) is 26.6 Å². The number of fused-ring (bicyclic) bond motifs is 1. The highest BCUT2D eigenvalue weighted by molar-refractivity contribution is 7.23. The van der Waals surface area contributed by atoms with Gasteiger partial charge >= 0.3 is 0 Å². The molecular weight excluding hydrogens is 454 g/mol. The van der Waals surface area contributed by atoms with Crippen molar-refractivity contribution in [3.05, 3.63) is 53.9 Å². The highest BCUT2D eigenvalue weighted by atomic mass is 32.1. The molecule has 2 aromatic heterocycles. The number of hydrogen-bond donors (Lipinski definition) is 2. The number of ether oxygens (including phenoxy) is 3. The summed E-state index contributed by atoms with van der Waals surface area (Å²) in [5.41, 5.74) is 5.30. The summed E-state index contributed by atoms with van der Waals surface area (Å²) in [5, 5.41) is 24.3. The minimum Gasteiger partial charge on any atom is -0.504 e. The summed E-state index contributed by atoms with van der Waals surface area (Å²) in [6.45, 7) is 2.42. The molecule has 0 bridgehead atoms. The SMILES string of the molecule is CCOc1ccccc1-c1sc2c(N/N=C/c3cc(O)c(OC)c(OC)c3)ncnc2c1C#N. The summed E-state index contributed by atoms with van der Waals surface area (Å²) in [7, 11) is 2.93. The smallest absolute Gasteiger partial charge is 0.203 e. The molecule has 0 radical (unpaired) electrons. The maximum absolute atomic E-state index is 10.1. The Morgan fingerprint density at radius 3 is 2.74 bits per heavy atom.